The van der Waals surface area contributed by atoms with E-state index in [1.54, 1.807) is 18.2 Å². The van der Waals surface area contributed by atoms with Crippen LogP contribution in [0.3, 0.4) is 0 Å². The molecule has 4 N–H and O–H groups in total. The van der Waals surface area contributed by atoms with Crippen molar-refractivity contribution in [2.75, 3.05) is 5.73 Å². The number of imidazole rings is 1. The maximum absolute atomic E-state index is 9.00. The molecule has 2 rings (SSSR count). The number of nitrogens with one attached hydrogen (secondary N) is 1. The summed E-state index contributed by atoms with van der Waals surface area (Å²) >= 11 is 0. The number of nitrogen functional groups attached to an aromatic ring is 1. The van der Waals surface area contributed by atoms with Gasteiger partial charge in [-0.25, -0.2) is 4.98 Å². The second-order valence-electron chi connectivity index (χ2n) is 3.08. The smallest absolute Gasteiger partial charge is 0.208 e. The Balaban J connectivity index is 1.99. The number of aromatic hydroxyl groups is 1. The molecule has 0 radical (unpaired) electrons. The fraction of sp³-hybridized carbons (Fsp3) is 0.100. The second-order valence-corrected chi connectivity index (χ2v) is 3.08. The molecular weight excluding hydrogens is 194 g/mol. The van der Waals surface area contributed by atoms with E-state index in [1.807, 2.05) is 6.07 Å². The summed E-state index contributed by atoms with van der Waals surface area (Å²) in [7, 11) is 0. The van der Waals surface area contributed by atoms with Crippen LogP contribution in [-0.2, 0) is 6.61 Å². The molecule has 1 aromatic carbocycles. The molecule has 0 spiro atoms. The highest BCUT2D eigenvalue weighted by Crippen LogP contribution is 2.15. The Morgan fingerprint density at radius 2 is 2.33 bits per heavy atom. The maximum Gasteiger partial charge on any atom is 0.208 e. The molecule has 0 saturated carbocycles. The summed E-state index contributed by atoms with van der Waals surface area (Å²) in [5.74, 6) is 1.27. The Morgan fingerprint density at radius 1 is 1.47 bits per heavy atom. The number of hydrogen-bond acceptors (Lipinski definition) is 4. The lowest BCUT2D eigenvalue weighted by Crippen LogP contribution is -1.97. The van der Waals surface area contributed by atoms with Crippen LogP contribution in [0, 0.1) is 0 Å². The predicted octanol–water partition coefficient (Wildman–Crippen LogP) is 1.28. The third-order valence-corrected chi connectivity index (χ3v) is 1.85. The summed E-state index contributed by atoms with van der Waals surface area (Å²) in [5.41, 5.74) is 6.24. The summed E-state index contributed by atoms with van der Waals surface area (Å²) in [6.07, 6.45) is 1.33. The second kappa shape index (κ2) is 3.91. The highest BCUT2D eigenvalue weighted by molar-refractivity contribution is 5.43. The number of hydrogen-bond donors (Lipinski definition) is 3. The minimum Gasteiger partial charge on any atom is -0.493 e. The van der Waals surface area contributed by atoms with E-state index in [-0.39, 0.29) is 12.5 Å². The molecule has 0 aliphatic rings. The number of aromatic amines is 1. The number of nitrogens with zero attached hydrogens (tertiary/aromatic N) is 1. The molecule has 0 saturated heterocycles. The summed E-state index contributed by atoms with van der Waals surface area (Å²) in [6.45, 7) is 0.268. The maximum atomic E-state index is 9.00. The Labute approximate surface area is 86.5 Å². The van der Waals surface area contributed by atoms with Crippen molar-refractivity contribution in [3.8, 4) is 11.6 Å². The van der Waals surface area contributed by atoms with E-state index < -0.39 is 0 Å². The quantitative estimate of drug-likeness (QED) is 0.659. The normalized spacial score (nSPS) is 10.1. The molecule has 0 bridgehead atoms. The van der Waals surface area contributed by atoms with Crippen LogP contribution in [0.15, 0.2) is 30.5 Å². The van der Waals surface area contributed by atoms with Gasteiger partial charge < -0.3 is 20.6 Å². The van der Waals surface area contributed by atoms with E-state index >= 15 is 0 Å². The molecule has 78 valence electrons. The first kappa shape index (κ1) is 9.39. The van der Waals surface area contributed by atoms with Crippen molar-refractivity contribution < 1.29 is 9.84 Å². The summed E-state index contributed by atoms with van der Waals surface area (Å²) < 4.78 is 5.40. The lowest BCUT2D eigenvalue weighted by molar-refractivity contribution is 0.296. The third kappa shape index (κ3) is 2.40. The van der Waals surface area contributed by atoms with Crippen LogP contribution in [0.5, 0.6) is 11.6 Å². The predicted molar refractivity (Wildman–Crippen MR) is 55.4 cm³/mol. The number of rotatable bonds is 3. The minimum atomic E-state index is 0.0289. The Bertz CT molecular complexity index is 453. The third-order valence-electron chi connectivity index (χ3n) is 1.85. The van der Waals surface area contributed by atoms with Crippen molar-refractivity contribution in [1.29, 1.82) is 0 Å². The highest BCUT2D eigenvalue weighted by Gasteiger charge is 2.00. The van der Waals surface area contributed by atoms with Crippen LogP contribution in [0.2, 0.25) is 0 Å². The number of ether oxygens (including phenoxy) is 1. The lowest BCUT2D eigenvalue weighted by atomic mass is 10.3. The first-order valence-corrected chi connectivity index (χ1v) is 4.45. The first-order chi connectivity index (χ1) is 7.24. The number of anilines is 1. The van der Waals surface area contributed by atoms with E-state index in [1.165, 1.54) is 6.20 Å². The highest BCUT2D eigenvalue weighted by atomic mass is 16.5. The molecule has 1 heterocycles. The Hall–Kier alpha value is -2.17. The average molecular weight is 205 g/mol. The standard InChI is InChI=1S/C10H11N3O2/c11-7-2-1-3-8(4-7)15-6-9-12-5-10(14)13-9/h1-5,14H,6,11H2,(H,12,13). The summed E-state index contributed by atoms with van der Waals surface area (Å²) in [5, 5.41) is 9.00. The SMILES string of the molecule is Nc1cccc(OCc2ncc(O)[nH]2)c1. The molecule has 0 aliphatic carbocycles. The van der Waals surface area contributed by atoms with Crippen LogP contribution in [0.1, 0.15) is 5.82 Å². The van der Waals surface area contributed by atoms with Gasteiger partial charge >= 0.3 is 0 Å². The molecule has 1 aromatic heterocycles. The fourth-order valence-corrected chi connectivity index (χ4v) is 1.18. The van der Waals surface area contributed by atoms with Crippen molar-refractivity contribution >= 4 is 5.69 Å². The largest absolute Gasteiger partial charge is 0.493 e. The molecule has 15 heavy (non-hydrogen) atoms. The van der Waals surface area contributed by atoms with Crippen molar-refractivity contribution in [1.82, 2.24) is 9.97 Å². The van der Waals surface area contributed by atoms with Crippen molar-refractivity contribution in [2.45, 2.75) is 6.61 Å². The topological polar surface area (TPSA) is 84.2 Å². The van der Waals surface area contributed by atoms with Crippen molar-refractivity contribution in [3.05, 3.63) is 36.3 Å². The van der Waals surface area contributed by atoms with Gasteiger partial charge in [0.25, 0.3) is 0 Å². The molecular formula is C10H11N3O2. The van der Waals surface area contributed by atoms with Crippen LogP contribution >= 0.6 is 0 Å². The molecule has 0 unspecified atom stereocenters. The Morgan fingerprint density at radius 3 is 3.00 bits per heavy atom. The van der Waals surface area contributed by atoms with Gasteiger partial charge in [-0.3, -0.25) is 0 Å². The summed E-state index contributed by atoms with van der Waals surface area (Å²) in [6, 6.07) is 7.12. The van der Waals surface area contributed by atoms with E-state index in [0.717, 1.165) is 0 Å². The van der Waals surface area contributed by atoms with Gasteiger partial charge in [-0.05, 0) is 12.1 Å². The zero-order valence-electron chi connectivity index (χ0n) is 7.97. The number of benzene rings is 1. The molecule has 0 fully saturated rings. The molecule has 0 atom stereocenters. The van der Waals surface area contributed by atoms with Gasteiger partial charge in [0.05, 0.1) is 6.20 Å². The van der Waals surface area contributed by atoms with E-state index in [4.69, 9.17) is 15.6 Å². The van der Waals surface area contributed by atoms with Gasteiger partial charge in [0.15, 0.2) is 0 Å². The van der Waals surface area contributed by atoms with Gasteiger partial charge in [0, 0.05) is 11.8 Å². The summed E-state index contributed by atoms with van der Waals surface area (Å²) in [4.78, 5) is 6.54. The zero-order chi connectivity index (χ0) is 10.7. The monoisotopic (exact) mass is 205 g/mol. The van der Waals surface area contributed by atoms with Gasteiger partial charge in [0.1, 0.15) is 18.2 Å². The van der Waals surface area contributed by atoms with E-state index in [2.05, 4.69) is 9.97 Å². The van der Waals surface area contributed by atoms with Gasteiger partial charge in [-0.15, -0.1) is 0 Å². The zero-order valence-corrected chi connectivity index (χ0v) is 7.97. The van der Waals surface area contributed by atoms with Crippen LogP contribution in [0.4, 0.5) is 5.69 Å². The van der Waals surface area contributed by atoms with Gasteiger partial charge in [0.2, 0.25) is 5.88 Å². The van der Waals surface area contributed by atoms with E-state index in [9.17, 15) is 0 Å². The van der Waals surface area contributed by atoms with Crippen LogP contribution < -0.4 is 10.5 Å². The average Bonchev–Trinajstić information content (AvgIpc) is 2.62. The number of aromatic nitrogens is 2. The van der Waals surface area contributed by atoms with Gasteiger partial charge in [-0.2, -0.15) is 0 Å². The first-order valence-electron chi connectivity index (χ1n) is 4.45. The van der Waals surface area contributed by atoms with Crippen molar-refractivity contribution in [2.24, 2.45) is 0 Å². The molecule has 5 heteroatoms. The molecule has 0 amide bonds. The number of nitrogens with two attached hydrogens (primary N) is 1. The Kier molecular flexibility index (Phi) is 2.45. The molecule has 0 aliphatic heterocycles. The molecule has 2 aromatic rings. The molecule has 5 nitrogen and oxygen atoms in total. The van der Waals surface area contributed by atoms with Crippen molar-refractivity contribution in [3.63, 3.8) is 0 Å². The minimum absolute atomic E-state index is 0.0289. The van der Waals surface area contributed by atoms with E-state index in [0.29, 0.717) is 17.3 Å². The van der Waals surface area contributed by atoms with Crippen LogP contribution in [0.25, 0.3) is 0 Å². The van der Waals surface area contributed by atoms with Gasteiger partial charge in [-0.1, -0.05) is 6.07 Å². The lowest BCUT2D eigenvalue weighted by Gasteiger charge is -2.04. The van der Waals surface area contributed by atoms with Crippen LogP contribution in [-0.4, -0.2) is 15.1 Å². The number of H-pyrrole nitrogens is 1. The fourth-order valence-electron chi connectivity index (χ4n) is 1.18.